The molecule has 0 aliphatic carbocycles. The van der Waals surface area contributed by atoms with Gasteiger partial charge in [-0.1, -0.05) is 46.3 Å². The van der Waals surface area contributed by atoms with Crippen molar-refractivity contribution < 1.29 is 8.78 Å². The molecule has 2 nitrogen and oxygen atoms in total. The SMILES string of the molecule is Fc1cc(Br)cc(F)c1N1CCNC(c2ccccc2)C1. The van der Waals surface area contributed by atoms with Crippen LogP contribution in [0.25, 0.3) is 0 Å². The number of nitrogens with zero attached hydrogens (tertiary/aromatic N) is 1. The first kappa shape index (κ1) is 14.5. The quantitative estimate of drug-likeness (QED) is 0.882. The standard InChI is InChI=1S/C16H15BrF2N2/c17-12-8-13(18)16(14(19)9-12)21-7-6-20-15(10-21)11-4-2-1-3-5-11/h1-5,8-9,15,20H,6-7,10H2. The van der Waals surface area contributed by atoms with Crippen molar-refractivity contribution in [3.8, 4) is 0 Å². The van der Waals surface area contributed by atoms with E-state index >= 15 is 0 Å². The maximum absolute atomic E-state index is 14.1. The minimum atomic E-state index is -0.532. The van der Waals surface area contributed by atoms with Crippen LogP contribution in [0.15, 0.2) is 46.9 Å². The molecule has 0 aromatic heterocycles. The van der Waals surface area contributed by atoms with Crippen LogP contribution in [0, 0.1) is 11.6 Å². The first-order valence-corrected chi connectivity index (χ1v) is 7.62. The summed E-state index contributed by atoms with van der Waals surface area (Å²) in [5.74, 6) is -1.06. The van der Waals surface area contributed by atoms with Gasteiger partial charge in [-0.3, -0.25) is 0 Å². The summed E-state index contributed by atoms with van der Waals surface area (Å²) in [5.41, 5.74) is 1.18. The second-order valence-corrected chi connectivity index (χ2v) is 6.00. The van der Waals surface area contributed by atoms with E-state index in [9.17, 15) is 8.78 Å². The fourth-order valence-electron chi connectivity index (χ4n) is 2.70. The number of piperazine rings is 1. The lowest BCUT2D eigenvalue weighted by Crippen LogP contribution is -2.46. The lowest BCUT2D eigenvalue weighted by molar-refractivity contribution is 0.458. The zero-order valence-electron chi connectivity index (χ0n) is 11.3. The van der Waals surface area contributed by atoms with Crippen LogP contribution in [0.5, 0.6) is 0 Å². The average molecular weight is 353 g/mol. The average Bonchev–Trinajstić information content (AvgIpc) is 2.47. The summed E-state index contributed by atoms with van der Waals surface area (Å²) in [6.45, 7) is 1.81. The van der Waals surface area contributed by atoms with Crippen LogP contribution in [0.1, 0.15) is 11.6 Å². The predicted octanol–water partition coefficient (Wildman–Crippen LogP) is 3.88. The molecule has 1 saturated heterocycles. The lowest BCUT2D eigenvalue weighted by atomic mass is 10.0. The highest BCUT2D eigenvalue weighted by molar-refractivity contribution is 9.10. The highest BCUT2D eigenvalue weighted by Crippen LogP contribution is 2.30. The van der Waals surface area contributed by atoms with Crippen molar-refractivity contribution in [1.29, 1.82) is 0 Å². The van der Waals surface area contributed by atoms with Gasteiger partial charge in [0.15, 0.2) is 11.6 Å². The molecule has 0 radical (unpaired) electrons. The van der Waals surface area contributed by atoms with E-state index in [2.05, 4.69) is 21.2 Å². The van der Waals surface area contributed by atoms with Gasteiger partial charge in [-0.2, -0.15) is 0 Å². The van der Waals surface area contributed by atoms with E-state index < -0.39 is 11.6 Å². The van der Waals surface area contributed by atoms with E-state index in [4.69, 9.17) is 0 Å². The molecule has 3 rings (SSSR count). The third kappa shape index (κ3) is 3.09. The van der Waals surface area contributed by atoms with E-state index in [-0.39, 0.29) is 11.7 Å². The molecule has 1 aliphatic heterocycles. The number of benzene rings is 2. The van der Waals surface area contributed by atoms with E-state index in [1.807, 2.05) is 30.3 Å². The van der Waals surface area contributed by atoms with Crippen LogP contribution in [0.2, 0.25) is 0 Å². The number of hydrogen-bond acceptors (Lipinski definition) is 2. The Kier molecular flexibility index (Phi) is 4.22. The van der Waals surface area contributed by atoms with E-state index in [0.717, 1.165) is 5.56 Å². The van der Waals surface area contributed by atoms with Crippen LogP contribution in [0.4, 0.5) is 14.5 Å². The molecule has 0 spiro atoms. The van der Waals surface area contributed by atoms with Crippen molar-refractivity contribution in [3.05, 3.63) is 64.1 Å². The molecule has 2 aromatic carbocycles. The summed E-state index contributed by atoms with van der Waals surface area (Å²) in [4.78, 5) is 1.77. The Balaban J connectivity index is 1.87. The molecular weight excluding hydrogens is 338 g/mol. The van der Waals surface area contributed by atoms with E-state index in [0.29, 0.717) is 24.1 Å². The van der Waals surface area contributed by atoms with Gasteiger partial charge in [0.05, 0.1) is 0 Å². The normalized spacial score (nSPS) is 18.8. The molecule has 2 aromatic rings. The molecule has 110 valence electrons. The second-order valence-electron chi connectivity index (χ2n) is 5.08. The Morgan fingerprint density at radius 1 is 1.10 bits per heavy atom. The number of rotatable bonds is 2. The van der Waals surface area contributed by atoms with Crippen molar-refractivity contribution in [2.75, 3.05) is 24.5 Å². The van der Waals surface area contributed by atoms with E-state index in [1.54, 1.807) is 4.90 Å². The van der Waals surface area contributed by atoms with Crippen molar-refractivity contribution in [2.24, 2.45) is 0 Å². The molecular formula is C16H15BrF2N2. The maximum atomic E-state index is 14.1. The fourth-order valence-corrected chi connectivity index (χ4v) is 3.10. The molecule has 0 saturated carbocycles. The van der Waals surface area contributed by atoms with Crippen molar-refractivity contribution >= 4 is 21.6 Å². The van der Waals surface area contributed by atoms with Crippen molar-refractivity contribution in [1.82, 2.24) is 5.32 Å². The van der Waals surface area contributed by atoms with Crippen LogP contribution >= 0.6 is 15.9 Å². The summed E-state index contributed by atoms with van der Waals surface area (Å²) in [7, 11) is 0. The number of halogens is 3. The molecule has 21 heavy (non-hydrogen) atoms. The Morgan fingerprint density at radius 2 is 1.76 bits per heavy atom. The molecule has 1 N–H and O–H groups in total. The predicted molar refractivity (Wildman–Crippen MR) is 83.5 cm³/mol. The zero-order valence-corrected chi connectivity index (χ0v) is 12.9. The smallest absolute Gasteiger partial charge is 0.150 e. The van der Waals surface area contributed by atoms with Crippen LogP contribution in [-0.4, -0.2) is 19.6 Å². The van der Waals surface area contributed by atoms with Crippen molar-refractivity contribution in [3.63, 3.8) is 0 Å². The molecule has 1 unspecified atom stereocenters. The van der Waals surface area contributed by atoms with Gasteiger partial charge < -0.3 is 10.2 Å². The fraction of sp³-hybridized carbons (Fsp3) is 0.250. The number of nitrogens with one attached hydrogen (secondary N) is 1. The Labute approximate surface area is 130 Å². The first-order valence-electron chi connectivity index (χ1n) is 6.83. The molecule has 1 aliphatic rings. The largest absolute Gasteiger partial charge is 0.364 e. The molecule has 1 fully saturated rings. The summed E-state index contributed by atoms with van der Waals surface area (Å²) in [5, 5.41) is 3.39. The molecule has 1 atom stereocenters. The zero-order chi connectivity index (χ0) is 14.8. The molecule has 0 bridgehead atoms. The van der Waals surface area contributed by atoms with Gasteiger partial charge in [0.25, 0.3) is 0 Å². The Hall–Kier alpha value is -1.46. The van der Waals surface area contributed by atoms with Gasteiger partial charge >= 0.3 is 0 Å². The van der Waals surface area contributed by atoms with Gasteiger partial charge in [-0.15, -0.1) is 0 Å². The topological polar surface area (TPSA) is 15.3 Å². The molecule has 5 heteroatoms. The minimum Gasteiger partial charge on any atom is -0.364 e. The third-order valence-electron chi connectivity index (χ3n) is 3.68. The summed E-state index contributed by atoms with van der Waals surface area (Å²) < 4.78 is 28.6. The third-order valence-corrected chi connectivity index (χ3v) is 4.13. The van der Waals surface area contributed by atoms with Gasteiger partial charge in [0.1, 0.15) is 5.69 Å². The van der Waals surface area contributed by atoms with Crippen LogP contribution in [0.3, 0.4) is 0 Å². The molecule has 1 heterocycles. The second kappa shape index (κ2) is 6.12. The lowest BCUT2D eigenvalue weighted by Gasteiger charge is -2.35. The first-order chi connectivity index (χ1) is 10.1. The highest BCUT2D eigenvalue weighted by atomic mass is 79.9. The summed E-state index contributed by atoms with van der Waals surface area (Å²) in [6, 6.07) is 12.6. The van der Waals surface area contributed by atoms with Gasteiger partial charge in [0.2, 0.25) is 0 Å². The van der Waals surface area contributed by atoms with Crippen LogP contribution in [-0.2, 0) is 0 Å². The molecule has 0 amide bonds. The monoisotopic (exact) mass is 352 g/mol. The summed E-state index contributed by atoms with van der Waals surface area (Å²) >= 11 is 3.11. The summed E-state index contributed by atoms with van der Waals surface area (Å²) in [6.07, 6.45) is 0. The minimum absolute atomic E-state index is 0.0561. The van der Waals surface area contributed by atoms with E-state index in [1.165, 1.54) is 12.1 Å². The number of anilines is 1. The van der Waals surface area contributed by atoms with Gasteiger partial charge in [-0.05, 0) is 17.7 Å². The Morgan fingerprint density at radius 3 is 2.43 bits per heavy atom. The highest BCUT2D eigenvalue weighted by Gasteiger charge is 2.25. The maximum Gasteiger partial charge on any atom is 0.150 e. The van der Waals surface area contributed by atoms with Gasteiger partial charge in [0, 0.05) is 30.1 Å². The Bertz CT molecular complexity index is 610. The van der Waals surface area contributed by atoms with Gasteiger partial charge in [-0.25, -0.2) is 8.78 Å². The van der Waals surface area contributed by atoms with Crippen molar-refractivity contribution in [2.45, 2.75) is 6.04 Å². The van der Waals surface area contributed by atoms with Crippen LogP contribution < -0.4 is 10.2 Å². The number of hydrogen-bond donors (Lipinski definition) is 1.